The lowest BCUT2D eigenvalue weighted by Crippen LogP contribution is -2.22. The van der Waals surface area contributed by atoms with Crippen molar-refractivity contribution in [2.75, 3.05) is 12.9 Å². The van der Waals surface area contributed by atoms with Gasteiger partial charge in [-0.25, -0.2) is 0 Å². The van der Waals surface area contributed by atoms with Gasteiger partial charge in [0.2, 0.25) is 0 Å². The van der Waals surface area contributed by atoms with Gasteiger partial charge in [0.1, 0.15) is 0 Å². The molecule has 0 aliphatic carbocycles. The minimum absolute atomic E-state index is 0.159. The van der Waals surface area contributed by atoms with Gasteiger partial charge in [0, 0.05) is 19.3 Å². The molecule has 1 aliphatic rings. The van der Waals surface area contributed by atoms with E-state index in [1.807, 2.05) is 0 Å². The fourth-order valence-electron chi connectivity index (χ4n) is 1.01. The predicted molar refractivity (Wildman–Crippen MR) is 40.1 cm³/mol. The predicted octanol–water partition coefficient (Wildman–Crippen LogP) is 0.0385. The molecule has 0 bridgehead atoms. The normalized spacial score (nSPS) is 40.5. The second-order valence-electron chi connectivity index (χ2n) is 2.33. The summed E-state index contributed by atoms with van der Waals surface area (Å²) in [6.45, 7) is 0. The molecule has 0 amide bonds. The number of aliphatic hydroxyl groups is 1. The van der Waals surface area contributed by atoms with Crippen LogP contribution in [-0.2, 0) is 9.47 Å². The maximum atomic E-state index is 9.24. The Bertz CT molecular complexity index is 109. The van der Waals surface area contributed by atoms with Gasteiger partial charge in [-0.1, -0.05) is 0 Å². The van der Waals surface area contributed by atoms with Crippen molar-refractivity contribution in [3.05, 3.63) is 0 Å². The van der Waals surface area contributed by atoms with E-state index < -0.39 is 6.10 Å². The van der Waals surface area contributed by atoms with E-state index >= 15 is 0 Å². The summed E-state index contributed by atoms with van der Waals surface area (Å²) in [5, 5.41) is 9.24. The van der Waals surface area contributed by atoms with Crippen LogP contribution in [-0.4, -0.2) is 36.5 Å². The summed E-state index contributed by atoms with van der Waals surface area (Å²) in [7, 11) is 1.57. The fourth-order valence-corrected chi connectivity index (χ4v) is 1.34. The molecule has 0 radical (unpaired) electrons. The standard InChI is InChI=1S/C6H12O3S/c1-8-6-2-4(7)5(3-10)9-6/h4-7,10H,2-3H2,1H3/t4-,5+,6?/m0/s1. The number of aliphatic hydroxyl groups excluding tert-OH is 1. The quantitative estimate of drug-likeness (QED) is 0.566. The lowest BCUT2D eigenvalue weighted by atomic mass is 10.2. The highest BCUT2D eigenvalue weighted by atomic mass is 32.1. The van der Waals surface area contributed by atoms with E-state index in [9.17, 15) is 5.11 Å². The van der Waals surface area contributed by atoms with E-state index in [1.165, 1.54) is 0 Å². The van der Waals surface area contributed by atoms with Crippen molar-refractivity contribution >= 4 is 12.6 Å². The maximum Gasteiger partial charge on any atom is 0.160 e. The largest absolute Gasteiger partial charge is 0.390 e. The fraction of sp³-hybridized carbons (Fsp3) is 1.00. The Labute approximate surface area is 65.7 Å². The zero-order chi connectivity index (χ0) is 7.56. The Hall–Kier alpha value is 0.230. The highest BCUT2D eigenvalue weighted by Crippen LogP contribution is 2.21. The van der Waals surface area contributed by atoms with Crippen molar-refractivity contribution in [2.45, 2.75) is 24.9 Å². The third-order valence-corrected chi connectivity index (χ3v) is 1.99. The molecule has 0 aromatic carbocycles. The highest BCUT2D eigenvalue weighted by molar-refractivity contribution is 7.80. The highest BCUT2D eigenvalue weighted by Gasteiger charge is 2.32. The molecular formula is C6H12O3S. The topological polar surface area (TPSA) is 38.7 Å². The van der Waals surface area contributed by atoms with Crippen molar-refractivity contribution in [1.29, 1.82) is 0 Å². The average molecular weight is 164 g/mol. The molecule has 1 unspecified atom stereocenters. The maximum absolute atomic E-state index is 9.24. The van der Waals surface area contributed by atoms with Crippen LogP contribution in [0.5, 0.6) is 0 Å². The summed E-state index contributed by atoms with van der Waals surface area (Å²) in [5.41, 5.74) is 0. The summed E-state index contributed by atoms with van der Waals surface area (Å²) in [6.07, 6.45) is -0.260. The lowest BCUT2D eigenvalue weighted by molar-refractivity contribution is -0.111. The van der Waals surface area contributed by atoms with E-state index in [2.05, 4.69) is 12.6 Å². The van der Waals surface area contributed by atoms with E-state index in [-0.39, 0.29) is 12.4 Å². The number of rotatable bonds is 2. The number of hydrogen-bond donors (Lipinski definition) is 2. The Morgan fingerprint density at radius 3 is 2.80 bits per heavy atom. The zero-order valence-corrected chi connectivity index (χ0v) is 6.75. The number of methoxy groups -OCH3 is 1. The van der Waals surface area contributed by atoms with Crippen molar-refractivity contribution in [3.8, 4) is 0 Å². The summed E-state index contributed by atoms with van der Waals surface area (Å²) in [4.78, 5) is 0. The van der Waals surface area contributed by atoms with Crippen molar-refractivity contribution in [3.63, 3.8) is 0 Å². The smallest absolute Gasteiger partial charge is 0.160 e. The van der Waals surface area contributed by atoms with Crippen LogP contribution >= 0.6 is 12.6 Å². The minimum Gasteiger partial charge on any atom is -0.390 e. The monoisotopic (exact) mass is 164 g/mol. The first-order chi connectivity index (χ1) is 4.77. The first kappa shape index (κ1) is 8.33. The number of ether oxygens (including phenoxy) is 2. The molecule has 0 saturated carbocycles. The van der Waals surface area contributed by atoms with Gasteiger partial charge in [0.05, 0.1) is 12.2 Å². The Morgan fingerprint density at radius 1 is 1.80 bits per heavy atom. The average Bonchev–Trinajstić information content (AvgIpc) is 2.30. The molecule has 3 nitrogen and oxygen atoms in total. The molecule has 0 aromatic heterocycles. The Kier molecular flexibility index (Phi) is 2.97. The van der Waals surface area contributed by atoms with Gasteiger partial charge in [-0.2, -0.15) is 12.6 Å². The number of hydrogen-bond acceptors (Lipinski definition) is 4. The molecule has 10 heavy (non-hydrogen) atoms. The summed E-state index contributed by atoms with van der Waals surface area (Å²) in [6, 6.07) is 0. The number of thiol groups is 1. The summed E-state index contributed by atoms with van der Waals surface area (Å²) >= 11 is 4.01. The van der Waals surface area contributed by atoms with Crippen LogP contribution < -0.4 is 0 Å². The molecule has 1 saturated heterocycles. The van der Waals surface area contributed by atoms with Crippen LogP contribution in [0, 0.1) is 0 Å². The molecule has 60 valence electrons. The van der Waals surface area contributed by atoms with Crippen LogP contribution in [0.2, 0.25) is 0 Å². The van der Waals surface area contributed by atoms with Crippen LogP contribution in [0.3, 0.4) is 0 Å². The molecule has 1 aliphatic heterocycles. The van der Waals surface area contributed by atoms with Gasteiger partial charge < -0.3 is 14.6 Å². The first-order valence-corrected chi connectivity index (χ1v) is 3.88. The summed E-state index contributed by atoms with van der Waals surface area (Å²) < 4.78 is 10.1. The zero-order valence-electron chi connectivity index (χ0n) is 5.86. The molecule has 1 rings (SSSR count). The van der Waals surface area contributed by atoms with Crippen molar-refractivity contribution in [2.24, 2.45) is 0 Å². The third-order valence-electron chi connectivity index (χ3n) is 1.63. The van der Waals surface area contributed by atoms with Gasteiger partial charge in [-0.3, -0.25) is 0 Å². The van der Waals surface area contributed by atoms with E-state index in [4.69, 9.17) is 9.47 Å². The molecule has 0 spiro atoms. The SMILES string of the molecule is COC1C[C@H](O)[C@@H](CS)O1. The Morgan fingerprint density at radius 2 is 2.50 bits per heavy atom. The molecule has 1 N–H and O–H groups in total. The minimum atomic E-state index is -0.414. The second-order valence-corrected chi connectivity index (χ2v) is 2.69. The van der Waals surface area contributed by atoms with Crippen LogP contribution in [0.25, 0.3) is 0 Å². The van der Waals surface area contributed by atoms with Crippen LogP contribution in [0.1, 0.15) is 6.42 Å². The van der Waals surface area contributed by atoms with Gasteiger partial charge in [-0.05, 0) is 0 Å². The molecular weight excluding hydrogens is 152 g/mol. The van der Waals surface area contributed by atoms with E-state index in [0.717, 1.165) is 0 Å². The lowest BCUT2D eigenvalue weighted by Gasteiger charge is -2.09. The van der Waals surface area contributed by atoms with Gasteiger partial charge >= 0.3 is 0 Å². The molecule has 4 heteroatoms. The summed E-state index contributed by atoms with van der Waals surface area (Å²) in [5.74, 6) is 0.543. The molecule has 1 heterocycles. The van der Waals surface area contributed by atoms with Crippen LogP contribution in [0.4, 0.5) is 0 Å². The van der Waals surface area contributed by atoms with Crippen LogP contribution in [0.15, 0.2) is 0 Å². The third kappa shape index (κ3) is 1.63. The van der Waals surface area contributed by atoms with Gasteiger partial charge in [-0.15, -0.1) is 0 Å². The van der Waals surface area contributed by atoms with Gasteiger partial charge in [0.25, 0.3) is 0 Å². The van der Waals surface area contributed by atoms with E-state index in [0.29, 0.717) is 12.2 Å². The van der Waals surface area contributed by atoms with E-state index in [1.54, 1.807) is 7.11 Å². The molecule has 0 aromatic rings. The molecule has 1 fully saturated rings. The Balaban J connectivity index is 2.36. The molecule has 3 atom stereocenters. The van der Waals surface area contributed by atoms with Crippen molar-refractivity contribution < 1.29 is 14.6 Å². The second kappa shape index (κ2) is 3.57. The van der Waals surface area contributed by atoms with Crippen molar-refractivity contribution in [1.82, 2.24) is 0 Å². The van der Waals surface area contributed by atoms with Gasteiger partial charge in [0.15, 0.2) is 6.29 Å². The first-order valence-electron chi connectivity index (χ1n) is 3.25.